The number of sulfone groups is 1. The number of hydrogen-bond donors (Lipinski definition) is 0. The highest BCUT2D eigenvalue weighted by Crippen LogP contribution is 2.23. The van der Waals surface area contributed by atoms with Gasteiger partial charge in [-0.25, -0.2) is 13.1 Å². The van der Waals surface area contributed by atoms with Gasteiger partial charge in [0.05, 0.1) is 23.7 Å². The van der Waals surface area contributed by atoms with Gasteiger partial charge in [0, 0.05) is 43.9 Å². The van der Waals surface area contributed by atoms with E-state index in [1.54, 1.807) is 21.7 Å². The van der Waals surface area contributed by atoms with Crippen LogP contribution in [0.1, 0.15) is 23.2 Å². The molecule has 1 aromatic heterocycles. The van der Waals surface area contributed by atoms with Crippen LogP contribution in [0.3, 0.4) is 0 Å². The molecule has 2 saturated heterocycles. The predicted octanol–water partition coefficient (Wildman–Crippen LogP) is 2.24. The topological polar surface area (TPSA) is 75.5 Å². The molecule has 0 bridgehead atoms. The molecule has 2 aliphatic rings. The summed E-state index contributed by atoms with van der Waals surface area (Å²) in [5, 5.41) is 5.03. The van der Waals surface area contributed by atoms with Crippen LogP contribution in [0.2, 0.25) is 5.15 Å². The number of aryl methyl sites for hydroxylation is 1. The first-order valence-corrected chi connectivity index (χ1v) is 12.7. The number of nitrogens with zero attached hydrogens (tertiary/aromatic N) is 4. The zero-order valence-electron chi connectivity index (χ0n) is 17.6. The second kappa shape index (κ2) is 9.14. The van der Waals surface area contributed by atoms with E-state index in [0.717, 1.165) is 16.8 Å². The third kappa shape index (κ3) is 5.19. The van der Waals surface area contributed by atoms with Gasteiger partial charge < -0.3 is 4.90 Å². The van der Waals surface area contributed by atoms with Crippen LogP contribution in [0.15, 0.2) is 36.4 Å². The van der Waals surface area contributed by atoms with Gasteiger partial charge in [-0.2, -0.15) is 5.10 Å². The van der Waals surface area contributed by atoms with Crippen molar-refractivity contribution in [2.24, 2.45) is 0 Å². The lowest BCUT2D eigenvalue weighted by atomic mass is 10.2. The van der Waals surface area contributed by atoms with Crippen LogP contribution in [0.5, 0.6) is 0 Å². The average Bonchev–Trinajstić information content (AvgIpc) is 3.25. The molecule has 0 saturated carbocycles. The highest BCUT2D eigenvalue weighted by atomic mass is 35.5. The lowest BCUT2D eigenvalue weighted by molar-refractivity contribution is -0.127. The van der Waals surface area contributed by atoms with Gasteiger partial charge >= 0.3 is 0 Å². The van der Waals surface area contributed by atoms with E-state index in [1.807, 2.05) is 37.3 Å². The summed E-state index contributed by atoms with van der Waals surface area (Å²) in [6.45, 7) is 5.05. The van der Waals surface area contributed by atoms with Crippen LogP contribution >= 0.6 is 11.6 Å². The minimum Gasteiger partial charge on any atom is -0.337 e. The van der Waals surface area contributed by atoms with E-state index in [0.29, 0.717) is 44.3 Å². The molecule has 0 radical (unpaired) electrons. The molecule has 9 heteroatoms. The number of carbonyl (C=O) groups excluding carboxylic acids is 1. The first kappa shape index (κ1) is 22.0. The first-order chi connectivity index (χ1) is 14.8. The van der Waals surface area contributed by atoms with Gasteiger partial charge in [0.15, 0.2) is 9.84 Å². The summed E-state index contributed by atoms with van der Waals surface area (Å²) < 4.78 is 25.2. The van der Waals surface area contributed by atoms with Crippen molar-refractivity contribution < 1.29 is 13.2 Å². The number of amides is 1. The molecular weight excluding hydrogens is 436 g/mol. The largest absolute Gasteiger partial charge is 0.337 e. The Labute approximate surface area is 188 Å². The van der Waals surface area contributed by atoms with E-state index in [4.69, 9.17) is 11.6 Å². The van der Waals surface area contributed by atoms with Gasteiger partial charge in [0.25, 0.3) is 0 Å². The number of aromatic nitrogens is 2. The molecule has 166 valence electrons. The minimum absolute atomic E-state index is 0.0648. The maximum Gasteiger partial charge on any atom is 0.246 e. The Hall–Kier alpha value is -2.16. The fraction of sp³-hybridized carbons (Fsp3) is 0.455. The highest BCUT2D eigenvalue weighted by Gasteiger charge is 2.34. The van der Waals surface area contributed by atoms with E-state index in [1.165, 1.54) is 0 Å². The molecule has 1 unspecified atom stereocenters. The van der Waals surface area contributed by atoms with E-state index >= 15 is 0 Å². The highest BCUT2D eigenvalue weighted by molar-refractivity contribution is 7.91. The van der Waals surface area contributed by atoms with Crippen molar-refractivity contribution in [2.45, 2.75) is 25.9 Å². The Kier molecular flexibility index (Phi) is 6.50. The zero-order chi connectivity index (χ0) is 22.0. The number of carbonyl (C=O) groups is 1. The monoisotopic (exact) mass is 462 g/mol. The van der Waals surface area contributed by atoms with Crippen LogP contribution in [-0.2, 0) is 21.2 Å². The van der Waals surface area contributed by atoms with Crippen molar-refractivity contribution in [3.05, 3.63) is 58.4 Å². The lowest BCUT2D eigenvalue weighted by Crippen LogP contribution is -2.52. The fourth-order valence-corrected chi connectivity index (χ4v) is 6.31. The maximum absolute atomic E-state index is 12.7. The lowest BCUT2D eigenvalue weighted by Gasteiger charge is -2.37. The molecule has 7 nitrogen and oxygen atoms in total. The van der Waals surface area contributed by atoms with Gasteiger partial charge in [-0.1, -0.05) is 41.9 Å². The normalized spacial score (nSPS) is 21.7. The summed E-state index contributed by atoms with van der Waals surface area (Å²) in [5.41, 5.74) is 2.63. The van der Waals surface area contributed by atoms with Crippen LogP contribution in [0.4, 0.5) is 0 Å². The molecule has 2 aromatic rings. The molecular formula is C22H27ClN4O3S. The van der Waals surface area contributed by atoms with E-state index in [2.05, 4.69) is 10.00 Å². The minimum atomic E-state index is -2.89. The summed E-state index contributed by atoms with van der Waals surface area (Å²) in [6.07, 6.45) is 3.99. The fourth-order valence-electron chi connectivity index (χ4n) is 4.25. The molecule has 1 atom stereocenters. The van der Waals surface area contributed by atoms with Crippen molar-refractivity contribution in [3.63, 3.8) is 0 Å². The van der Waals surface area contributed by atoms with Crippen molar-refractivity contribution >= 4 is 33.4 Å². The molecule has 0 aliphatic carbocycles. The molecule has 4 rings (SSSR count). The van der Waals surface area contributed by atoms with E-state index in [-0.39, 0.29) is 23.5 Å². The number of rotatable bonds is 5. The van der Waals surface area contributed by atoms with Crippen molar-refractivity contribution in [2.75, 3.05) is 37.7 Å². The van der Waals surface area contributed by atoms with E-state index in [9.17, 15) is 13.2 Å². The van der Waals surface area contributed by atoms with Gasteiger partial charge in [0.1, 0.15) is 5.15 Å². The Morgan fingerprint density at radius 3 is 2.55 bits per heavy atom. The van der Waals surface area contributed by atoms with Crippen LogP contribution in [0, 0.1) is 6.92 Å². The standard InChI is InChI=1S/C22H27ClN4O3S/c1-17-20(22(23)27(24-17)15-18-5-3-2-4-6-18)7-8-21(28)26-12-10-25(11-13-26)19-9-14-31(29,30)16-19/h2-8,19H,9-16H2,1H3/b8-7+. The Bertz CT molecular complexity index is 1070. The third-order valence-corrected chi connectivity index (χ3v) is 8.18. The average molecular weight is 463 g/mol. The van der Waals surface area contributed by atoms with E-state index < -0.39 is 9.84 Å². The quantitative estimate of drug-likeness (QED) is 0.637. The summed E-state index contributed by atoms with van der Waals surface area (Å²) in [4.78, 5) is 16.7. The van der Waals surface area contributed by atoms with Crippen molar-refractivity contribution in [1.29, 1.82) is 0 Å². The second-order valence-corrected chi connectivity index (χ2v) is 10.8. The molecule has 0 N–H and O–H groups in total. The number of piperazine rings is 1. The number of benzene rings is 1. The van der Waals surface area contributed by atoms with Crippen molar-refractivity contribution in [1.82, 2.24) is 19.6 Å². The van der Waals surface area contributed by atoms with Crippen LogP contribution in [-0.4, -0.2) is 77.6 Å². The Morgan fingerprint density at radius 2 is 1.90 bits per heavy atom. The molecule has 2 aliphatic heterocycles. The summed E-state index contributed by atoms with van der Waals surface area (Å²) in [5.74, 6) is 0.452. The molecule has 1 amide bonds. The van der Waals surface area contributed by atoms with Crippen molar-refractivity contribution in [3.8, 4) is 0 Å². The molecule has 31 heavy (non-hydrogen) atoms. The third-order valence-electron chi connectivity index (χ3n) is 6.03. The molecule has 3 heterocycles. The SMILES string of the molecule is Cc1nn(Cc2ccccc2)c(Cl)c1/C=C/C(=O)N1CCN(C2CCS(=O)(=O)C2)CC1. The summed E-state index contributed by atoms with van der Waals surface area (Å²) in [7, 11) is -2.89. The zero-order valence-corrected chi connectivity index (χ0v) is 19.1. The first-order valence-electron chi connectivity index (χ1n) is 10.5. The van der Waals surface area contributed by atoms with Gasteiger partial charge in [-0.15, -0.1) is 0 Å². The van der Waals surface area contributed by atoms with Crippen LogP contribution in [0.25, 0.3) is 6.08 Å². The second-order valence-electron chi connectivity index (χ2n) is 8.18. The van der Waals surface area contributed by atoms with Crippen LogP contribution < -0.4 is 0 Å². The molecule has 2 fully saturated rings. The van der Waals surface area contributed by atoms with Gasteiger partial charge in [-0.05, 0) is 25.0 Å². The summed E-state index contributed by atoms with van der Waals surface area (Å²) >= 11 is 6.53. The maximum atomic E-state index is 12.7. The van der Waals surface area contributed by atoms with Gasteiger partial charge in [0.2, 0.25) is 5.91 Å². The smallest absolute Gasteiger partial charge is 0.246 e. The predicted molar refractivity (Wildman–Crippen MR) is 122 cm³/mol. The number of halogens is 1. The van der Waals surface area contributed by atoms with Gasteiger partial charge in [-0.3, -0.25) is 9.69 Å². The Morgan fingerprint density at radius 1 is 1.19 bits per heavy atom. The molecule has 0 spiro atoms. The Balaban J connectivity index is 1.35. The number of hydrogen-bond acceptors (Lipinski definition) is 5. The molecule has 1 aromatic carbocycles. The summed E-state index contributed by atoms with van der Waals surface area (Å²) in [6, 6.07) is 10.1.